The van der Waals surface area contributed by atoms with Crippen LogP contribution in [-0.2, 0) is 24.2 Å². The van der Waals surface area contributed by atoms with Crippen LogP contribution in [0.15, 0.2) is 85.5 Å². The van der Waals surface area contributed by atoms with Crippen LogP contribution < -0.4 is 10.1 Å². The molecule has 1 aliphatic rings. The van der Waals surface area contributed by atoms with Crippen molar-refractivity contribution in [2.75, 3.05) is 12.4 Å². The van der Waals surface area contributed by atoms with E-state index in [1.807, 2.05) is 53.2 Å². The molecule has 0 radical (unpaired) electrons. The standard InChI is InChI=1S/C30H29N3O4/c1-36-30(35)22-10-12-23(13-11-22)32-18-26-24-8-5-9-27(34)25(24)14-15-28(26)37-29(19-33-17-16-31-20-33)21-6-3-2-4-7-21/h2-4,6-7,10-17,20,29,32H,5,8-9,18-19H2,1H3/t29-/m1/s1. The summed E-state index contributed by atoms with van der Waals surface area (Å²) in [4.78, 5) is 28.6. The smallest absolute Gasteiger partial charge is 0.337 e. The van der Waals surface area contributed by atoms with Crippen LogP contribution in [0, 0.1) is 0 Å². The molecular formula is C30H29N3O4. The molecule has 3 aromatic carbocycles. The second-order valence-corrected chi connectivity index (χ2v) is 9.04. The number of rotatable bonds is 9. The molecule has 4 aromatic rings. The first-order valence-corrected chi connectivity index (χ1v) is 12.4. The summed E-state index contributed by atoms with van der Waals surface area (Å²) in [5, 5.41) is 3.45. The van der Waals surface area contributed by atoms with E-state index in [1.54, 1.807) is 24.7 Å². The fourth-order valence-electron chi connectivity index (χ4n) is 4.73. The Hall–Kier alpha value is -4.39. The first-order valence-electron chi connectivity index (χ1n) is 12.4. The van der Waals surface area contributed by atoms with Gasteiger partial charge in [0.1, 0.15) is 11.9 Å². The number of fused-ring (bicyclic) bond motifs is 1. The number of benzene rings is 3. The van der Waals surface area contributed by atoms with Gasteiger partial charge in [-0.15, -0.1) is 0 Å². The Morgan fingerprint density at radius 2 is 1.86 bits per heavy atom. The van der Waals surface area contributed by atoms with Crippen molar-refractivity contribution in [1.82, 2.24) is 9.55 Å². The molecule has 1 N–H and O–H groups in total. The number of nitrogens with zero attached hydrogens (tertiary/aromatic N) is 2. The summed E-state index contributed by atoms with van der Waals surface area (Å²) in [6, 6.07) is 21.1. The molecule has 37 heavy (non-hydrogen) atoms. The second kappa shape index (κ2) is 11.1. The van der Waals surface area contributed by atoms with E-state index < -0.39 is 0 Å². The third-order valence-corrected chi connectivity index (χ3v) is 6.67. The molecule has 7 heteroatoms. The minimum absolute atomic E-state index is 0.175. The molecule has 1 atom stereocenters. The minimum atomic E-state index is -0.372. The monoisotopic (exact) mass is 495 g/mol. The van der Waals surface area contributed by atoms with Crippen LogP contribution in [0.5, 0.6) is 5.75 Å². The van der Waals surface area contributed by atoms with E-state index in [0.29, 0.717) is 25.1 Å². The summed E-state index contributed by atoms with van der Waals surface area (Å²) in [7, 11) is 1.37. The van der Waals surface area contributed by atoms with Gasteiger partial charge < -0.3 is 19.4 Å². The summed E-state index contributed by atoms with van der Waals surface area (Å²) in [6.07, 6.45) is 7.44. The third kappa shape index (κ3) is 5.56. The molecule has 0 saturated carbocycles. The van der Waals surface area contributed by atoms with Crippen molar-refractivity contribution >= 4 is 17.4 Å². The van der Waals surface area contributed by atoms with Crippen molar-refractivity contribution < 1.29 is 19.1 Å². The van der Waals surface area contributed by atoms with E-state index >= 15 is 0 Å². The van der Waals surface area contributed by atoms with Gasteiger partial charge >= 0.3 is 5.97 Å². The second-order valence-electron chi connectivity index (χ2n) is 9.04. The van der Waals surface area contributed by atoms with Gasteiger partial charge in [0, 0.05) is 42.2 Å². The molecule has 0 saturated heterocycles. The number of hydrogen-bond acceptors (Lipinski definition) is 6. The number of imidazole rings is 1. The summed E-state index contributed by atoms with van der Waals surface area (Å²) in [5.41, 5.74) is 5.21. The molecule has 0 unspecified atom stereocenters. The Labute approximate surface area is 216 Å². The predicted octanol–water partition coefficient (Wildman–Crippen LogP) is 5.62. The fourth-order valence-corrected chi connectivity index (χ4v) is 4.73. The molecule has 1 aromatic heterocycles. The summed E-state index contributed by atoms with van der Waals surface area (Å²) in [5.74, 6) is 0.554. The lowest BCUT2D eigenvalue weighted by Gasteiger charge is -2.26. The molecular weight excluding hydrogens is 466 g/mol. The number of ketones is 1. The number of carbonyl (C=O) groups is 2. The number of carbonyl (C=O) groups excluding carboxylic acids is 2. The lowest BCUT2D eigenvalue weighted by molar-refractivity contribution is 0.0600. The van der Waals surface area contributed by atoms with Gasteiger partial charge in [-0.25, -0.2) is 9.78 Å². The van der Waals surface area contributed by atoms with E-state index in [1.165, 1.54) is 7.11 Å². The van der Waals surface area contributed by atoms with Crippen molar-refractivity contribution in [3.8, 4) is 5.75 Å². The number of aromatic nitrogens is 2. The highest BCUT2D eigenvalue weighted by Crippen LogP contribution is 2.35. The fraction of sp³-hybridized carbons (Fsp3) is 0.233. The molecule has 7 nitrogen and oxygen atoms in total. The van der Waals surface area contributed by atoms with Crippen LogP contribution in [-0.4, -0.2) is 28.4 Å². The van der Waals surface area contributed by atoms with Gasteiger partial charge in [0.15, 0.2) is 5.78 Å². The Balaban J connectivity index is 1.46. The molecule has 0 spiro atoms. The van der Waals surface area contributed by atoms with Gasteiger partial charge in [0.05, 0.1) is 25.5 Å². The highest BCUT2D eigenvalue weighted by molar-refractivity contribution is 5.99. The molecule has 0 aliphatic heterocycles. The summed E-state index contributed by atoms with van der Waals surface area (Å²) in [6.45, 7) is 1.08. The van der Waals surface area contributed by atoms with Gasteiger partial charge in [0.25, 0.3) is 0 Å². The number of anilines is 1. The summed E-state index contributed by atoms with van der Waals surface area (Å²) < 4.78 is 13.5. The van der Waals surface area contributed by atoms with Crippen molar-refractivity contribution in [2.24, 2.45) is 0 Å². The van der Waals surface area contributed by atoms with Gasteiger partial charge in [-0.2, -0.15) is 0 Å². The van der Waals surface area contributed by atoms with Gasteiger partial charge in [-0.1, -0.05) is 30.3 Å². The molecule has 0 fully saturated rings. The number of methoxy groups -OCH3 is 1. The van der Waals surface area contributed by atoms with Crippen molar-refractivity contribution in [3.63, 3.8) is 0 Å². The van der Waals surface area contributed by atoms with Gasteiger partial charge in [-0.05, 0) is 60.4 Å². The lowest BCUT2D eigenvalue weighted by atomic mass is 9.86. The number of Topliss-reactive ketones (excluding diaryl/α,β-unsaturated/α-hetero) is 1. The van der Waals surface area contributed by atoms with Crippen molar-refractivity contribution in [1.29, 1.82) is 0 Å². The lowest BCUT2D eigenvalue weighted by Crippen LogP contribution is -2.19. The Morgan fingerprint density at radius 1 is 1.05 bits per heavy atom. The molecule has 5 rings (SSSR count). The predicted molar refractivity (Wildman–Crippen MR) is 141 cm³/mol. The number of ether oxygens (including phenoxy) is 2. The van der Waals surface area contributed by atoms with Crippen LogP contribution in [0.3, 0.4) is 0 Å². The van der Waals surface area contributed by atoms with E-state index in [4.69, 9.17) is 9.47 Å². The van der Waals surface area contributed by atoms with Crippen LogP contribution in [0.25, 0.3) is 0 Å². The first kappa shape index (κ1) is 24.3. The van der Waals surface area contributed by atoms with Crippen molar-refractivity contribution in [2.45, 2.75) is 38.5 Å². The average Bonchev–Trinajstić information content (AvgIpc) is 3.46. The quantitative estimate of drug-likeness (QED) is 0.304. The molecule has 0 bridgehead atoms. The van der Waals surface area contributed by atoms with Crippen LogP contribution in [0.4, 0.5) is 5.69 Å². The van der Waals surface area contributed by atoms with Gasteiger partial charge in [0.2, 0.25) is 0 Å². The third-order valence-electron chi connectivity index (χ3n) is 6.67. The highest BCUT2D eigenvalue weighted by Gasteiger charge is 2.24. The molecule has 1 aliphatic carbocycles. The maximum absolute atomic E-state index is 12.7. The van der Waals surface area contributed by atoms with Crippen molar-refractivity contribution in [3.05, 3.63) is 113 Å². The van der Waals surface area contributed by atoms with E-state index in [9.17, 15) is 9.59 Å². The number of nitrogens with one attached hydrogen (secondary N) is 1. The van der Waals surface area contributed by atoms with Crippen LogP contribution in [0.2, 0.25) is 0 Å². The zero-order valence-corrected chi connectivity index (χ0v) is 20.7. The zero-order valence-electron chi connectivity index (χ0n) is 20.7. The Bertz CT molecular complexity index is 1370. The topological polar surface area (TPSA) is 82.4 Å². The minimum Gasteiger partial charge on any atom is -0.483 e. The maximum atomic E-state index is 12.7. The number of hydrogen-bond donors (Lipinski definition) is 1. The van der Waals surface area contributed by atoms with E-state index in [2.05, 4.69) is 22.4 Å². The highest BCUT2D eigenvalue weighted by atomic mass is 16.5. The Kier molecular flexibility index (Phi) is 7.31. The summed E-state index contributed by atoms with van der Waals surface area (Å²) >= 11 is 0. The average molecular weight is 496 g/mol. The SMILES string of the molecule is COC(=O)c1ccc(NCc2c(O[C@H](Cn3ccnc3)c3ccccc3)ccc3c2CCCC3=O)cc1. The molecule has 1 heterocycles. The first-order chi connectivity index (χ1) is 18.1. The Morgan fingerprint density at radius 3 is 2.59 bits per heavy atom. The van der Waals surface area contributed by atoms with Crippen LogP contribution >= 0.6 is 0 Å². The van der Waals surface area contributed by atoms with Crippen LogP contribution in [0.1, 0.15) is 56.4 Å². The van der Waals surface area contributed by atoms with Gasteiger partial charge in [-0.3, -0.25) is 4.79 Å². The van der Waals surface area contributed by atoms with E-state index in [0.717, 1.165) is 46.5 Å². The number of esters is 1. The largest absolute Gasteiger partial charge is 0.483 e. The van der Waals surface area contributed by atoms with E-state index in [-0.39, 0.29) is 17.9 Å². The normalized spacial score (nSPS) is 13.5. The zero-order chi connectivity index (χ0) is 25.6. The molecule has 188 valence electrons. The maximum Gasteiger partial charge on any atom is 0.337 e. The molecule has 0 amide bonds.